The lowest BCUT2D eigenvalue weighted by Crippen LogP contribution is -2.08. The zero-order valence-corrected chi connectivity index (χ0v) is 12.7. The van der Waals surface area contributed by atoms with E-state index in [2.05, 4.69) is 10.2 Å². The molecule has 0 aliphatic heterocycles. The van der Waals surface area contributed by atoms with Crippen molar-refractivity contribution in [2.45, 2.75) is 0 Å². The minimum atomic E-state index is -0.731. The van der Waals surface area contributed by atoms with Gasteiger partial charge in [0.05, 0.1) is 11.1 Å². The molecule has 6 heteroatoms. The number of aromatic hydroxyl groups is 1. The zero-order valence-electron chi connectivity index (χ0n) is 12.7. The molecule has 0 aliphatic rings. The summed E-state index contributed by atoms with van der Waals surface area (Å²) in [7, 11) is 3.75. The Morgan fingerprint density at radius 3 is 2.48 bits per heavy atom. The van der Waals surface area contributed by atoms with E-state index in [-0.39, 0.29) is 11.4 Å². The number of rotatable bonds is 3. The first-order chi connectivity index (χ1) is 11.1. The summed E-state index contributed by atoms with van der Waals surface area (Å²) in [5, 5.41) is 18.5. The lowest BCUT2D eigenvalue weighted by molar-refractivity contribution is 0.469. The fourth-order valence-electron chi connectivity index (χ4n) is 2.13. The van der Waals surface area contributed by atoms with Crippen LogP contribution in [0.25, 0.3) is 11.0 Å². The van der Waals surface area contributed by atoms with Gasteiger partial charge in [0.25, 0.3) is 0 Å². The molecule has 2 aromatic carbocycles. The topological polar surface area (TPSA) is 78.4 Å². The Labute approximate surface area is 132 Å². The Kier molecular flexibility index (Phi) is 3.80. The van der Waals surface area contributed by atoms with E-state index in [1.807, 2.05) is 31.1 Å². The van der Waals surface area contributed by atoms with E-state index in [4.69, 9.17) is 4.42 Å². The molecule has 6 nitrogen and oxygen atoms in total. The van der Waals surface area contributed by atoms with Crippen LogP contribution in [0, 0.1) is 0 Å². The van der Waals surface area contributed by atoms with Gasteiger partial charge in [0.1, 0.15) is 5.58 Å². The van der Waals surface area contributed by atoms with Gasteiger partial charge in [-0.25, -0.2) is 4.79 Å². The van der Waals surface area contributed by atoms with Crippen molar-refractivity contribution in [1.82, 2.24) is 0 Å². The second-order valence-electron chi connectivity index (χ2n) is 5.20. The van der Waals surface area contributed by atoms with Crippen LogP contribution in [0.4, 0.5) is 17.1 Å². The fourth-order valence-corrected chi connectivity index (χ4v) is 2.13. The van der Waals surface area contributed by atoms with Crippen molar-refractivity contribution in [3.05, 3.63) is 59.0 Å². The van der Waals surface area contributed by atoms with Crippen LogP contribution in [-0.2, 0) is 0 Å². The summed E-state index contributed by atoms with van der Waals surface area (Å²) >= 11 is 0. The van der Waals surface area contributed by atoms with Crippen LogP contribution in [0.2, 0.25) is 0 Å². The van der Waals surface area contributed by atoms with Crippen molar-refractivity contribution in [2.24, 2.45) is 10.2 Å². The average molecular weight is 309 g/mol. The second kappa shape index (κ2) is 5.92. The van der Waals surface area contributed by atoms with Crippen molar-refractivity contribution in [3.8, 4) is 5.75 Å². The van der Waals surface area contributed by atoms with E-state index in [1.165, 1.54) is 0 Å². The lowest BCUT2D eigenvalue weighted by atomic mass is 10.2. The SMILES string of the molecule is CN(C)c1ccc2c(O)c(N=Nc3ccccc3)c(=O)oc2c1. The van der Waals surface area contributed by atoms with Crippen molar-refractivity contribution in [2.75, 3.05) is 19.0 Å². The standard InChI is InChI=1S/C17H15N3O3/c1-20(2)12-8-9-13-14(10-12)23-17(22)15(16(13)21)19-18-11-6-4-3-5-7-11/h3-10,21H,1-2H3. The van der Waals surface area contributed by atoms with Gasteiger partial charge in [-0.2, -0.15) is 5.11 Å². The summed E-state index contributed by atoms with van der Waals surface area (Å²) in [4.78, 5) is 13.9. The number of hydrogen-bond donors (Lipinski definition) is 1. The number of azo groups is 1. The molecule has 0 fully saturated rings. The number of fused-ring (bicyclic) bond motifs is 1. The first kappa shape index (κ1) is 14.8. The van der Waals surface area contributed by atoms with Crippen LogP contribution in [0.1, 0.15) is 0 Å². The molecule has 0 atom stereocenters. The molecule has 0 saturated carbocycles. The Hall–Kier alpha value is -3.15. The van der Waals surface area contributed by atoms with Crippen molar-refractivity contribution in [3.63, 3.8) is 0 Å². The largest absolute Gasteiger partial charge is 0.505 e. The second-order valence-corrected chi connectivity index (χ2v) is 5.20. The summed E-state index contributed by atoms with van der Waals surface area (Å²) in [5.41, 5.74) is 0.801. The van der Waals surface area contributed by atoms with Gasteiger partial charge in [0.15, 0.2) is 5.75 Å². The molecule has 23 heavy (non-hydrogen) atoms. The molecule has 1 N–H and O–H groups in total. The van der Waals surface area contributed by atoms with Crippen LogP contribution in [-0.4, -0.2) is 19.2 Å². The Balaban J connectivity index is 2.10. The Morgan fingerprint density at radius 2 is 1.78 bits per heavy atom. The van der Waals surface area contributed by atoms with Crippen LogP contribution in [0.15, 0.2) is 68.0 Å². The summed E-state index contributed by atoms with van der Waals surface area (Å²) in [6.07, 6.45) is 0. The molecule has 0 bridgehead atoms. The highest BCUT2D eigenvalue weighted by Crippen LogP contribution is 2.34. The van der Waals surface area contributed by atoms with Gasteiger partial charge in [-0.3, -0.25) is 0 Å². The lowest BCUT2D eigenvalue weighted by Gasteiger charge is -2.12. The Morgan fingerprint density at radius 1 is 1.04 bits per heavy atom. The minimum Gasteiger partial charge on any atom is -0.505 e. The van der Waals surface area contributed by atoms with Gasteiger partial charge in [-0.05, 0) is 24.3 Å². The first-order valence-electron chi connectivity index (χ1n) is 7.00. The molecule has 3 rings (SSSR count). The number of anilines is 1. The molecular weight excluding hydrogens is 294 g/mol. The fraction of sp³-hybridized carbons (Fsp3) is 0.118. The molecule has 0 spiro atoms. The molecule has 0 radical (unpaired) electrons. The molecule has 3 aromatic rings. The van der Waals surface area contributed by atoms with Crippen molar-refractivity contribution < 1.29 is 9.52 Å². The predicted molar refractivity (Wildman–Crippen MR) is 89.1 cm³/mol. The molecule has 1 heterocycles. The van der Waals surface area contributed by atoms with E-state index in [9.17, 15) is 9.90 Å². The first-order valence-corrected chi connectivity index (χ1v) is 7.00. The predicted octanol–water partition coefficient (Wildman–Crippen LogP) is 3.98. The Bertz CT molecular complexity index is 931. The maximum Gasteiger partial charge on any atom is 0.368 e. The third-order valence-corrected chi connectivity index (χ3v) is 3.38. The zero-order chi connectivity index (χ0) is 16.4. The number of benzene rings is 2. The average Bonchev–Trinajstić information content (AvgIpc) is 2.55. The number of hydrogen-bond acceptors (Lipinski definition) is 6. The van der Waals surface area contributed by atoms with Crippen LogP contribution >= 0.6 is 0 Å². The monoisotopic (exact) mass is 309 g/mol. The maximum absolute atomic E-state index is 12.1. The molecular formula is C17H15N3O3. The summed E-state index contributed by atoms with van der Waals surface area (Å²) in [6, 6.07) is 14.1. The summed E-state index contributed by atoms with van der Waals surface area (Å²) < 4.78 is 5.26. The van der Waals surface area contributed by atoms with Gasteiger partial charge >= 0.3 is 5.63 Å². The van der Waals surface area contributed by atoms with E-state index >= 15 is 0 Å². The van der Waals surface area contributed by atoms with Crippen molar-refractivity contribution >= 4 is 28.0 Å². The highest BCUT2D eigenvalue weighted by molar-refractivity contribution is 5.89. The third-order valence-electron chi connectivity index (χ3n) is 3.38. The maximum atomic E-state index is 12.1. The van der Waals surface area contributed by atoms with Gasteiger partial charge in [0, 0.05) is 25.8 Å². The molecule has 116 valence electrons. The van der Waals surface area contributed by atoms with Crippen LogP contribution < -0.4 is 10.5 Å². The van der Waals surface area contributed by atoms with Gasteiger partial charge < -0.3 is 14.4 Å². The van der Waals surface area contributed by atoms with Crippen LogP contribution in [0.5, 0.6) is 5.75 Å². The molecule has 0 amide bonds. The van der Waals surface area contributed by atoms with Gasteiger partial charge in [-0.15, -0.1) is 5.11 Å². The van der Waals surface area contributed by atoms with Gasteiger partial charge in [-0.1, -0.05) is 18.2 Å². The smallest absolute Gasteiger partial charge is 0.368 e. The summed E-state index contributed by atoms with van der Waals surface area (Å²) in [5.74, 6) is -0.235. The van der Waals surface area contributed by atoms with E-state index in [0.717, 1.165) is 5.69 Å². The molecule has 0 saturated heterocycles. The molecule has 1 aromatic heterocycles. The quantitative estimate of drug-likeness (QED) is 0.586. The van der Waals surface area contributed by atoms with E-state index in [1.54, 1.807) is 36.4 Å². The highest BCUT2D eigenvalue weighted by Gasteiger charge is 2.14. The number of nitrogens with zero attached hydrogens (tertiary/aromatic N) is 3. The van der Waals surface area contributed by atoms with E-state index < -0.39 is 5.63 Å². The van der Waals surface area contributed by atoms with Gasteiger partial charge in [0.2, 0.25) is 5.69 Å². The van der Waals surface area contributed by atoms with Crippen molar-refractivity contribution in [1.29, 1.82) is 0 Å². The third kappa shape index (κ3) is 2.91. The normalized spacial score (nSPS) is 11.2. The molecule has 0 unspecified atom stereocenters. The minimum absolute atomic E-state index is 0.209. The van der Waals surface area contributed by atoms with Crippen LogP contribution in [0.3, 0.4) is 0 Å². The van der Waals surface area contributed by atoms with E-state index in [0.29, 0.717) is 16.7 Å². The molecule has 0 aliphatic carbocycles. The summed E-state index contributed by atoms with van der Waals surface area (Å²) in [6.45, 7) is 0. The highest BCUT2D eigenvalue weighted by atomic mass is 16.4.